The summed E-state index contributed by atoms with van der Waals surface area (Å²) in [5.41, 5.74) is 1.66. The second-order valence-electron chi connectivity index (χ2n) is 5.18. The number of hydrogen-bond acceptors (Lipinski definition) is 5. The summed E-state index contributed by atoms with van der Waals surface area (Å²) < 4.78 is 0. The van der Waals surface area contributed by atoms with Gasteiger partial charge in [0, 0.05) is 24.4 Å². The van der Waals surface area contributed by atoms with Crippen LogP contribution < -0.4 is 10.6 Å². The lowest BCUT2D eigenvalue weighted by atomic mass is 10.1. The zero-order valence-electron chi connectivity index (χ0n) is 13.5. The number of aromatic nitrogens is 3. The van der Waals surface area contributed by atoms with E-state index in [1.54, 1.807) is 6.20 Å². The van der Waals surface area contributed by atoms with Crippen LogP contribution in [0.25, 0.3) is 0 Å². The molecule has 0 unspecified atom stereocenters. The molecule has 1 aromatic heterocycles. The van der Waals surface area contributed by atoms with Gasteiger partial charge in [-0.2, -0.15) is 10.3 Å². The van der Waals surface area contributed by atoms with Gasteiger partial charge in [-0.05, 0) is 24.1 Å². The number of anilines is 1. The third kappa shape index (κ3) is 6.41. The van der Waals surface area contributed by atoms with E-state index in [1.165, 1.54) is 11.8 Å². The maximum Gasteiger partial charge on any atom is 0.224 e. The number of rotatable bonds is 9. The lowest BCUT2D eigenvalue weighted by Gasteiger charge is -2.07. The van der Waals surface area contributed by atoms with E-state index in [0.29, 0.717) is 19.4 Å². The molecule has 1 aromatic carbocycles. The molecule has 0 fully saturated rings. The molecule has 0 radical (unpaired) electrons. The number of nitrogens with one attached hydrogen (secondary N) is 3. The minimum absolute atomic E-state index is 0.00704. The Balaban J connectivity index is 1.68. The van der Waals surface area contributed by atoms with E-state index in [2.05, 4.69) is 26.0 Å². The zero-order valence-corrected chi connectivity index (χ0v) is 14.4. The number of H-pyrrole nitrogens is 1. The molecule has 24 heavy (non-hydrogen) atoms. The van der Waals surface area contributed by atoms with Crippen LogP contribution in [0.3, 0.4) is 0 Å². The van der Waals surface area contributed by atoms with Crippen LogP contribution in [-0.2, 0) is 16.0 Å². The van der Waals surface area contributed by atoms with E-state index in [-0.39, 0.29) is 11.8 Å². The van der Waals surface area contributed by atoms with E-state index < -0.39 is 0 Å². The fourth-order valence-electron chi connectivity index (χ4n) is 2.01. The molecule has 2 amide bonds. The van der Waals surface area contributed by atoms with Crippen molar-refractivity contribution in [3.05, 3.63) is 36.0 Å². The summed E-state index contributed by atoms with van der Waals surface area (Å²) in [5, 5.41) is 16.7. The smallest absolute Gasteiger partial charge is 0.224 e. The molecule has 0 saturated carbocycles. The molecule has 2 aromatic rings. The fraction of sp³-hybridized carbons (Fsp3) is 0.375. The molecule has 7 nitrogen and oxygen atoms in total. The third-order valence-electron chi connectivity index (χ3n) is 3.15. The highest BCUT2D eigenvalue weighted by molar-refractivity contribution is 7.99. The summed E-state index contributed by atoms with van der Waals surface area (Å²) in [4.78, 5) is 23.4. The Morgan fingerprint density at radius 3 is 2.67 bits per heavy atom. The standard InChI is InChI=1S/C16H21N5O2S/c1-2-3-14(22)19-13-6-4-12(5-7-13)10-15(23)17-8-9-24-16-11-18-21-20-16/h4-7,11H,2-3,8-10H2,1H3,(H,17,23)(H,19,22)(H,18,20,21). The normalized spacial score (nSPS) is 10.4. The molecule has 128 valence electrons. The van der Waals surface area contributed by atoms with Crippen molar-refractivity contribution < 1.29 is 9.59 Å². The highest BCUT2D eigenvalue weighted by atomic mass is 32.2. The fourth-order valence-corrected chi connectivity index (χ4v) is 2.66. The van der Waals surface area contributed by atoms with Crippen LogP contribution in [0.4, 0.5) is 5.69 Å². The van der Waals surface area contributed by atoms with Gasteiger partial charge in [0.2, 0.25) is 11.8 Å². The Hall–Kier alpha value is -2.35. The van der Waals surface area contributed by atoms with Crippen molar-refractivity contribution in [1.29, 1.82) is 0 Å². The SMILES string of the molecule is CCCC(=O)Nc1ccc(CC(=O)NCCSc2cn[nH]n2)cc1. The Morgan fingerprint density at radius 1 is 1.21 bits per heavy atom. The molecular weight excluding hydrogens is 326 g/mol. The minimum atomic E-state index is -0.0291. The van der Waals surface area contributed by atoms with Crippen molar-refractivity contribution in [2.45, 2.75) is 31.2 Å². The summed E-state index contributed by atoms with van der Waals surface area (Å²) in [5.74, 6) is 0.715. The van der Waals surface area contributed by atoms with Crippen LogP contribution in [0.1, 0.15) is 25.3 Å². The molecule has 3 N–H and O–H groups in total. The summed E-state index contributed by atoms with van der Waals surface area (Å²) >= 11 is 1.53. The van der Waals surface area contributed by atoms with Gasteiger partial charge in [0.05, 0.1) is 12.6 Å². The van der Waals surface area contributed by atoms with E-state index in [4.69, 9.17) is 0 Å². The topological polar surface area (TPSA) is 99.8 Å². The van der Waals surface area contributed by atoms with Crippen molar-refractivity contribution in [1.82, 2.24) is 20.7 Å². The summed E-state index contributed by atoms with van der Waals surface area (Å²) in [6, 6.07) is 7.34. The van der Waals surface area contributed by atoms with Gasteiger partial charge in [-0.15, -0.1) is 16.9 Å². The summed E-state index contributed by atoms with van der Waals surface area (Å²) in [6.07, 6.45) is 3.29. The largest absolute Gasteiger partial charge is 0.355 e. The van der Waals surface area contributed by atoms with Gasteiger partial charge in [-0.25, -0.2) is 0 Å². The molecule has 0 bridgehead atoms. The number of hydrogen-bond donors (Lipinski definition) is 3. The highest BCUT2D eigenvalue weighted by Gasteiger charge is 2.05. The zero-order chi connectivity index (χ0) is 17.2. The van der Waals surface area contributed by atoms with Crippen LogP contribution in [0.5, 0.6) is 0 Å². The second-order valence-corrected chi connectivity index (χ2v) is 6.29. The van der Waals surface area contributed by atoms with Gasteiger partial charge in [0.25, 0.3) is 0 Å². The highest BCUT2D eigenvalue weighted by Crippen LogP contribution is 2.12. The first-order chi connectivity index (χ1) is 11.7. The number of carbonyl (C=O) groups excluding carboxylic acids is 2. The molecule has 8 heteroatoms. The Bertz CT molecular complexity index is 643. The van der Waals surface area contributed by atoms with Crippen LogP contribution >= 0.6 is 11.8 Å². The van der Waals surface area contributed by atoms with Crippen LogP contribution in [-0.4, -0.2) is 39.5 Å². The van der Waals surface area contributed by atoms with Crippen molar-refractivity contribution in [2.24, 2.45) is 0 Å². The van der Waals surface area contributed by atoms with Crippen LogP contribution in [0, 0.1) is 0 Å². The lowest BCUT2D eigenvalue weighted by molar-refractivity contribution is -0.120. The van der Waals surface area contributed by atoms with Crippen LogP contribution in [0.2, 0.25) is 0 Å². The first-order valence-electron chi connectivity index (χ1n) is 7.81. The second kappa shape index (κ2) is 9.71. The van der Waals surface area contributed by atoms with Crippen LogP contribution in [0.15, 0.2) is 35.5 Å². The molecule has 0 saturated heterocycles. The number of aromatic amines is 1. The van der Waals surface area contributed by atoms with Gasteiger partial charge in [0.15, 0.2) is 0 Å². The molecule has 1 heterocycles. The first kappa shape index (κ1) is 18.0. The first-order valence-corrected chi connectivity index (χ1v) is 8.80. The molecule has 0 atom stereocenters. The van der Waals surface area contributed by atoms with Gasteiger partial charge < -0.3 is 10.6 Å². The van der Waals surface area contributed by atoms with Crippen molar-refractivity contribution >= 4 is 29.3 Å². The van der Waals surface area contributed by atoms with E-state index in [1.807, 2.05) is 31.2 Å². The number of benzene rings is 1. The number of amides is 2. The van der Waals surface area contributed by atoms with Crippen molar-refractivity contribution in [3.8, 4) is 0 Å². The van der Waals surface area contributed by atoms with Gasteiger partial charge in [0.1, 0.15) is 5.03 Å². The summed E-state index contributed by atoms with van der Waals surface area (Å²) in [7, 11) is 0. The molecule has 0 spiro atoms. The Morgan fingerprint density at radius 2 is 2.00 bits per heavy atom. The van der Waals surface area contributed by atoms with E-state index in [0.717, 1.165) is 28.5 Å². The van der Waals surface area contributed by atoms with Crippen molar-refractivity contribution in [2.75, 3.05) is 17.6 Å². The predicted molar refractivity (Wildman–Crippen MR) is 93.8 cm³/mol. The molecule has 0 aliphatic rings. The molecule has 0 aliphatic heterocycles. The Labute approximate surface area is 145 Å². The predicted octanol–water partition coefficient (Wildman–Crippen LogP) is 1.99. The van der Waals surface area contributed by atoms with E-state index in [9.17, 15) is 9.59 Å². The van der Waals surface area contributed by atoms with Gasteiger partial charge in [-0.3, -0.25) is 9.59 Å². The quantitative estimate of drug-likeness (QED) is 0.476. The third-order valence-corrected chi connectivity index (χ3v) is 4.05. The number of nitrogens with zero attached hydrogens (tertiary/aromatic N) is 2. The van der Waals surface area contributed by atoms with Gasteiger partial charge in [-0.1, -0.05) is 19.1 Å². The maximum atomic E-state index is 11.9. The average Bonchev–Trinajstić information content (AvgIpc) is 3.07. The number of thioether (sulfide) groups is 1. The minimum Gasteiger partial charge on any atom is -0.355 e. The molecular formula is C16H21N5O2S. The monoisotopic (exact) mass is 347 g/mol. The Kier molecular flexibility index (Phi) is 7.28. The average molecular weight is 347 g/mol. The number of carbonyl (C=O) groups is 2. The summed E-state index contributed by atoms with van der Waals surface area (Å²) in [6.45, 7) is 2.53. The van der Waals surface area contributed by atoms with Gasteiger partial charge >= 0.3 is 0 Å². The maximum absolute atomic E-state index is 11.9. The molecule has 2 rings (SSSR count). The van der Waals surface area contributed by atoms with Crippen molar-refractivity contribution in [3.63, 3.8) is 0 Å². The molecule has 0 aliphatic carbocycles. The lowest BCUT2D eigenvalue weighted by Crippen LogP contribution is -2.27. The van der Waals surface area contributed by atoms with E-state index >= 15 is 0 Å².